The van der Waals surface area contributed by atoms with E-state index in [2.05, 4.69) is 4.98 Å². The molecule has 4 heteroatoms. The third kappa shape index (κ3) is 1.86. The number of hydrogen-bond acceptors (Lipinski definition) is 4. The minimum Gasteiger partial charge on any atom is -0.472 e. The second-order valence-corrected chi connectivity index (χ2v) is 4.37. The van der Waals surface area contributed by atoms with E-state index in [1.54, 1.807) is 43.1 Å². The molecule has 0 bridgehead atoms. The highest BCUT2D eigenvalue weighted by molar-refractivity contribution is 7.09. The van der Waals surface area contributed by atoms with Crippen LogP contribution in [0.5, 0.6) is 0 Å². The lowest BCUT2D eigenvalue weighted by Gasteiger charge is -2.19. The molecule has 0 saturated heterocycles. The maximum absolute atomic E-state index is 10.2. The van der Waals surface area contributed by atoms with Gasteiger partial charge in [0, 0.05) is 23.6 Å². The van der Waals surface area contributed by atoms with Gasteiger partial charge in [-0.3, -0.25) is 0 Å². The first kappa shape index (κ1) is 9.43. The van der Waals surface area contributed by atoms with E-state index in [4.69, 9.17) is 4.42 Å². The fraction of sp³-hybridized carbons (Fsp3) is 0.300. The normalized spacial score (nSPS) is 15.3. The average molecular weight is 209 g/mol. The molecule has 0 fully saturated rings. The number of rotatable bonds is 3. The molecule has 0 amide bonds. The summed E-state index contributed by atoms with van der Waals surface area (Å²) in [6.07, 6.45) is 5.38. The van der Waals surface area contributed by atoms with Crippen LogP contribution in [-0.2, 0) is 12.0 Å². The minimum absolute atomic E-state index is 0.518. The average Bonchev–Trinajstić information content (AvgIpc) is 2.71. The van der Waals surface area contributed by atoms with Gasteiger partial charge in [0.2, 0.25) is 0 Å². The van der Waals surface area contributed by atoms with Crippen molar-refractivity contribution in [2.24, 2.45) is 0 Å². The van der Waals surface area contributed by atoms with Gasteiger partial charge >= 0.3 is 0 Å². The third-order valence-corrected chi connectivity index (χ3v) is 2.90. The van der Waals surface area contributed by atoms with Crippen LogP contribution in [0.4, 0.5) is 0 Å². The molecule has 2 heterocycles. The molecular weight excluding hydrogens is 198 g/mol. The molecule has 0 aliphatic carbocycles. The van der Waals surface area contributed by atoms with E-state index in [1.165, 1.54) is 0 Å². The fourth-order valence-corrected chi connectivity index (χ4v) is 2.07. The topological polar surface area (TPSA) is 46.3 Å². The fourth-order valence-electron chi connectivity index (χ4n) is 1.31. The van der Waals surface area contributed by atoms with Crippen molar-refractivity contribution in [2.45, 2.75) is 18.9 Å². The number of nitrogens with zero attached hydrogens (tertiary/aromatic N) is 1. The number of aromatic nitrogens is 1. The summed E-state index contributed by atoms with van der Waals surface area (Å²) < 4.78 is 4.94. The van der Waals surface area contributed by atoms with Gasteiger partial charge in [0.25, 0.3) is 0 Å². The molecular formula is C10H11NO2S. The molecule has 2 aromatic rings. The molecule has 74 valence electrons. The van der Waals surface area contributed by atoms with Gasteiger partial charge in [0.15, 0.2) is 0 Å². The van der Waals surface area contributed by atoms with Crippen molar-refractivity contribution in [1.82, 2.24) is 4.98 Å². The Hall–Kier alpha value is -1.13. The highest BCUT2D eigenvalue weighted by Crippen LogP contribution is 2.26. The van der Waals surface area contributed by atoms with Crippen molar-refractivity contribution < 1.29 is 9.52 Å². The van der Waals surface area contributed by atoms with Crippen molar-refractivity contribution in [3.8, 4) is 0 Å². The first-order chi connectivity index (χ1) is 6.68. The Balaban J connectivity index is 2.17. The lowest BCUT2D eigenvalue weighted by Crippen LogP contribution is -2.23. The predicted octanol–water partition coefficient (Wildman–Crippen LogP) is 2.19. The zero-order chi connectivity index (χ0) is 10.0. The summed E-state index contributed by atoms with van der Waals surface area (Å²) in [7, 11) is 0. The molecule has 0 aliphatic heterocycles. The molecule has 3 nitrogen and oxygen atoms in total. The highest BCUT2D eigenvalue weighted by atomic mass is 32.1. The maximum atomic E-state index is 10.2. The van der Waals surface area contributed by atoms with Crippen LogP contribution in [0.25, 0.3) is 0 Å². The standard InChI is InChI=1S/C10H11NO2S/c1-10(12,8-2-4-13-7-8)6-9-11-3-5-14-9/h2-5,7,12H,6H2,1H3. The Labute approximate surface area is 86.0 Å². The van der Waals surface area contributed by atoms with Gasteiger partial charge in [0.1, 0.15) is 0 Å². The molecule has 2 aromatic heterocycles. The minimum atomic E-state index is -0.898. The van der Waals surface area contributed by atoms with E-state index in [0.29, 0.717) is 6.42 Å². The lowest BCUT2D eigenvalue weighted by molar-refractivity contribution is 0.0569. The number of aliphatic hydroxyl groups is 1. The van der Waals surface area contributed by atoms with E-state index in [9.17, 15) is 5.11 Å². The van der Waals surface area contributed by atoms with Crippen LogP contribution in [0.2, 0.25) is 0 Å². The molecule has 0 aromatic carbocycles. The van der Waals surface area contributed by atoms with Crippen LogP contribution in [0.3, 0.4) is 0 Å². The first-order valence-electron chi connectivity index (χ1n) is 4.32. The molecule has 14 heavy (non-hydrogen) atoms. The van der Waals surface area contributed by atoms with E-state index < -0.39 is 5.60 Å². The smallest absolute Gasteiger partial charge is 0.0963 e. The second-order valence-electron chi connectivity index (χ2n) is 3.39. The zero-order valence-corrected chi connectivity index (χ0v) is 8.62. The lowest BCUT2D eigenvalue weighted by atomic mass is 9.96. The maximum Gasteiger partial charge on any atom is 0.0963 e. The summed E-state index contributed by atoms with van der Waals surface area (Å²) in [5, 5.41) is 13.0. The van der Waals surface area contributed by atoms with Crippen LogP contribution in [0, 0.1) is 0 Å². The number of hydrogen-bond donors (Lipinski definition) is 1. The molecule has 0 aliphatic rings. The van der Waals surface area contributed by atoms with Crippen molar-refractivity contribution >= 4 is 11.3 Å². The summed E-state index contributed by atoms with van der Waals surface area (Å²) in [5.74, 6) is 0. The summed E-state index contributed by atoms with van der Waals surface area (Å²) in [6, 6.07) is 1.77. The third-order valence-electron chi connectivity index (χ3n) is 2.12. The highest BCUT2D eigenvalue weighted by Gasteiger charge is 2.25. The van der Waals surface area contributed by atoms with Crippen molar-refractivity contribution in [3.05, 3.63) is 40.7 Å². The Morgan fingerprint density at radius 1 is 1.64 bits per heavy atom. The molecule has 1 N–H and O–H groups in total. The van der Waals surface area contributed by atoms with Crippen molar-refractivity contribution in [2.75, 3.05) is 0 Å². The van der Waals surface area contributed by atoms with Crippen LogP contribution in [0.1, 0.15) is 17.5 Å². The molecule has 1 atom stereocenters. The molecule has 0 saturated carbocycles. The molecule has 0 radical (unpaired) electrons. The van der Waals surface area contributed by atoms with Gasteiger partial charge < -0.3 is 9.52 Å². The van der Waals surface area contributed by atoms with E-state index in [-0.39, 0.29) is 0 Å². The number of thiazole rings is 1. The second kappa shape index (κ2) is 3.55. The van der Waals surface area contributed by atoms with Gasteiger partial charge in [-0.1, -0.05) is 0 Å². The Bertz CT molecular complexity index is 378. The number of furan rings is 1. The van der Waals surface area contributed by atoms with Crippen LogP contribution >= 0.6 is 11.3 Å². The zero-order valence-electron chi connectivity index (χ0n) is 7.80. The van der Waals surface area contributed by atoms with E-state index >= 15 is 0 Å². The van der Waals surface area contributed by atoms with Gasteiger partial charge in [-0.2, -0.15) is 0 Å². The predicted molar refractivity (Wildman–Crippen MR) is 54.1 cm³/mol. The van der Waals surface area contributed by atoms with Crippen molar-refractivity contribution in [3.63, 3.8) is 0 Å². The largest absolute Gasteiger partial charge is 0.472 e. The van der Waals surface area contributed by atoms with Crippen molar-refractivity contribution in [1.29, 1.82) is 0 Å². The van der Waals surface area contributed by atoms with Gasteiger partial charge in [-0.15, -0.1) is 11.3 Å². The summed E-state index contributed by atoms with van der Waals surface area (Å²) in [4.78, 5) is 4.14. The Morgan fingerprint density at radius 3 is 3.07 bits per heavy atom. The SMILES string of the molecule is CC(O)(Cc1nccs1)c1ccoc1. The Morgan fingerprint density at radius 2 is 2.50 bits per heavy atom. The quantitative estimate of drug-likeness (QED) is 0.842. The van der Waals surface area contributed by atoms with E-state index in [1.807, 2.05) is 5.38 Å². The van der Waals surface area contributed by atoms with Crippen LogP contribution in [-0.4, -0.2) is 10.1 Å². The van der Waals surface area contributed by atoms with Gasteiger partial charge in [-0.05, 0) is 13.0 Å². The first-order valence-corrected chi connectivity index (χ1v) is 5.20. The van der Waals surface area contributed by atoms with Crippen LogP contribution < -0.4 is 0 Å². The van der Waals surface area contributed by atoms with E-state index in [0.717, 1.165) is 10.6 Å². The summed E-state index contributed by atoms with van der Waals surface area (Å²) in [5.41, 5.74) is -0.113. The molecule has 0 spiro atoms. The van der Waals surface area contributed by atoms with Gasteiger partial charge in [-0.25, -0.2) is 4.98 Å². The molecule has 2 rings (SSSR count). The van der Waals surface area contributed by atoms with Gasteiger partial charge in [0.05, 0.1) is 23.1 Å². The molecule has 1 unspecified atom stereocenters. The monoisotopic (exact) mass is 209 g/mol. The summed E-state index contributed by atoms with van der Waals surface area (Å²) in [6.45, 7) is 1.76. The van der Waals surface area contributed by atoms with Crippen LogP contribution in [0.15, 0.2) is 34.6 Å². The Kier molecular flexibility index (Phi) is 2.39. The summed E-state index contributed by atoms with van der Waals surface area (Å²) >= 11 is 1.55.